The van der Waals surface area contributed by atoms with Gasteiger partial charge in [-0.3, -0.25) is 15.1 Å². The molecular weight excluding hydrogens is 250 g/mol. The zero-order valence-corrected chi connectivity index (χ0v) is 10.2. The van der Waals surface area contributed by atoms with E-state index in [1.807, 2.05) is 18.3 Å². The maximum atomic E-state index is 11.3. The van der Waals surface area contributed by atoms with Crippen LogP contribution in [0.4, 0.5) is 4.79 Å². The molecule has 1 aromatic heterocycles. The van der Waals surface area contributed by atoms with E-state index < -0.39 is 17.9 Å². The molecule has 3 N–H and O–H groups in total. The van der Waals surface area contributed by atoms with Gasteiger partial charge in [0.15, 0.2) is 0 Å². The molecule has 19 heavy (non-hydrogen) atoms. The summed E-state index contributed by atoms with van der Waals surface area (Å²) in [6.45, 7) is 1.99. The van der Waals surface area contributed by atoms with Crippen LogP contribution in [-0.4, -0.2) is 28.0 Å². The van der Waals surface area contributed by atoms with Crippen LogP contribution in [0.25, 0.3) is 0 Å². The number of nitrogens with zero attached hydrogens (tertiary/aromatic N) is 1. The van der Waals surface area contributed by atoms with E-state index in [4.69, 9.17) is 5.11 Å². The first-order chi connectivity index (χ1) is 8.97. The molecule has 7 nitrogen and oxygen atoms in total. The van der Waals surface area contributed by atoms with Gasteiger partial charge in [-0.25, -0.2) is 9.59 Å². The number of carboxylic acid groups (broad SMARTS) is 1. The smallest absolute Gasteiger partial charge is 0.328 e. The molecule has 100 valence electrons. The number of carbonyl (C=O) groups excluding carboxylic acids is 2. The summed E-state index contributed by atoms with van der Waals surface area (Å²) in [5, 5.41) is 12.7. The molecule has 0 bridgehead atoms. The van der Waals surface area contributed by atoms with Crippen LogP contribution in [-0.2, 0) is 16.1 Å². The molecule has 0 aromatic carbocycles. The van der Waals surface area contributed by atoms with Gasteiger partial charge in [0.25, 0.3) is 5.91 Å². The van der Waals surface area contributed by atoms with E-state index >= 15 is 0 Å². The number of aryl methyl sites for hydroxylation is 1. The van der Waals surface area contributed by atoms with Crippen molar-refractivity contribution >= 4 is 17.9 Å². The first-order valence-corrected chi connectivity index (χ1v) is 5.40. The highest BCUT2D eigenvalue weighted by molar-refractivity contribution is 6.02. The van der Waals surface area contributed by atoms with Crippen molar-refractivity contribution in [3.05, 3.63) is 41.7 Å². The number of hydrogen-bond acceptors (Lipinski definition) is 4. The van der Waals surface area contributed by atoms with Gasteiger partial charge in [-0.05, 0) is 19.1 Å². The minimum atomic E-state index is -1.26. The summed E-state index contributed by atoms with van der Waals surface area (Å²) in [5.74, 6) is -2.07. The van der Waals surface area contributed by atoms with Crippen molar-refractivity contribution in [2.75, 3.05) is 0 Å². The van der Waals surface area contributed by atoms with Crippen molar-refractivity contribution < 1.29 is 19.5 Å². The number of nitrogens with one attached hydrogen (secondary N) is 2. The molecule has 0 atom stereocenters. The van der Waals surface area contributed by atoms with E-state index in [1.165, 1.54) is 0 Å². The van der Waals surface area contributed by atoms with E-state index in [1.54, 1.807) is 12.1 Å². The van der Waals surface area contributed by atoms with Gasteiger partial charge in [0.2, 0.25) is 0 Å². The molecule has 3 amide bonds. The first-order valence-electron chi connectivity index (χ1n) is 5.40. The highest BCUT2D eigenvalue weighted by Gasteiger charge is 2.05. The Morgan fingerprint density at radius 1 is 1.32 bits per heavy atom. The molecule has 0 saturated carbocycles. The Morgan fingerprint density at radius 2 is 2.05 bits per heavy atom. The number of aliphatic carboxylic acids is 1. The van der Waals surface area contributed by atoms with Crippen LogP contribution in [0.3, 0.4) is 0 Å². The van der Waals surface area contributed by atoms with Gasteiger partial charge in [-0.15, -0.1) is 0 Å². The first kappa shape index (κ1) is 14.4. The van der Waals surface area contributed by atoms with Crippen molar-refractivity contribution in [3.8, 4) is 0 Å². The lowest BCUT2D eigenvalue weighted by atomic mass is 10.3. The SMILES string of the molecule is Cc1cccc(CNC(=O)NC(=O)/C=C/C(=O)O)n1. The second-order valence-corrected chi connectivity index (χ2v) is 3.61. The second-order valence-electron chi connectivity index (χ2n) is 3.61. The highest BCUT2D eigenvalue weighted by Crippen LogP contribution is 1.97. The molecule has 0 aliphatic heterocycles. The molecule has 0 saturated heterocycles. The third-order valence-electron chi connectivity index (χ3n) is 1.99. The van der Waals surface area contributed by atoms with Gasteiger partial charge in [0.05, 0.1) is 12.2 Å². The van der Waals surface area contributed by atoms with Crippen LogP contribution in [0.2, 0.25) is 0 Å². The summed E-state index contributed by atoms with van der Waals surface area (Å²) in [6, 6.07) is 4.64. The lowest BCUT2D eigenvalue weighted by Gasteiger charge is -2.05. The highest BCUT2D eigenvalue weighted by atomic mass is 16.4. The van der Waals surface area contributed by atoms with Gasteiger partial charge >= 0.3 is 12.0 Å². The minimum Gasteiger partial charge on any atom is -0.478 e. The number of rotatable bonds is 4. The number of aromatic nitrogens is 1. The zero-order valence-electron chi connectivity index (χ0n) is 10.2. The fourth-order valence-electron chi connectivity index (χ4n) is 1.21. The third-order valence-corrected chi connectivity index (χ3v) is 1.99. The molecule has 0 unspecified atom stereocenters. The fourth-order valence-corrected chi connectivity index (χ4v) is 1.21. The maximum absolute atomic E-state index is 11.3. The average Bonchev–Trinajstić information content (AvgIpc) is 2.34. The van der Waals surface area contributed by atoms with Crippen LogP contribution in [0.1, 0.15) is 11.4 Å². The van der Waals surface area contributed by atoms with E-state index in [9.17, 15) is 14.4 Å². The molecule has 1 rings (SSSR count). The predicted octanol–water partition coefficient (Wildman–Crippen LogP) is 0.357. The number of carbonyl (C=O) groups is 3. The summed E-state index contributed by atoms with van der Waals surface area (Å²) < 4.78 is 0. The Kier molecular flexibility index (Phi) is 5.21. The Balaban J connectivity index is 2.40. The van der Waals surface area contributed by atoms with Crippen molar-refractivity contribution in [2.45, 2.75) is 13.5 Å². The normalized spacial score (nSPS) is 10.2. The average molecular weight is 263 g/mol. The second kappa shape index (κ2) is 6.90. The maximum Gasteiger partial charge on any atom is 0.328 e. The van der Waals surface area contributed by atoms with Gasteiger partial charge in [-0.2, -0.15) is 0 Å². The van der Waals surface area contributed by atoms with Crippen molar-refractivity contribution in [1.82, 2.24) is 15.6 Å². The summed E-state index contributed by atoms with van der Waals surface area (Å²) in [4.78, 5) is 36.7. The van der Waals surface area contributed by atoms with E-state index in [0.29, 0.717) is 11.8 Å². The van der Waals surface area contributed by atoms with Crippen LogP contribution in [0, 0.1) is 6.92 Å². The Bertz CT molecular complexity index is 525. The van der Waals surface area contributed by atoms with E-state index in [-0.39, 0.29) is 6.54 Å². The summed E-state index contributed by atoms with van der Waals surface area (Å²) in [6.07, 6.45) is 1.40. The summed E-state index contributed by atoms with van der Waals surface area (Å²) in [5.41, 5.74) is 1.48. The van der Waals surface area contributed by atoms with Crippen LogP contribution in [0.15, 0.2) is 30.4 Å². The number of carboxylic acids is 1. The predicted molar refractivity (Wildman–Crippen MR) is 66.1 cm³/mol. The molecule has 7 heteroatoms. The Hall–Kier alpha value is -2.70. The summed E-state index contributed by atoms with van der Waals surface area (Å²) >= 11 is 0. The fraction of sp³-hybridized carbons (Fsp3) is 0.167. The van der Waals surface area contributed by atoms with Gasteiger partial charge in [0, 0.05) is 17.8 Å². The van der Waals surface area contributed by atoms with Crippen LogP contribution < -0.4 is 10.6 Å². The van der Waals surface area contributed by atoms with Gasteiger partial charge in [0.1, 0.15) is 0 Å². The largest absolute Gasteiger partial charge is 0.478 e. The van der Waals surface area contributed by atoms with Crippen molar-refractivity contribution in [3.63, 3.8) is 0 Å². The molecule has 0 aliphatic rings. The standard InChI is InChI=1S/C12H13N3O4/c1-8-3-2-4-9(14-8)7-13-12(19)15-10(16)5-6-11(17)18/h2-6H,7H2,1H3,(H,17,18)(H2,13,15,16,19)/b6-5+. The van der Waals surface area contributed by atoms with Crippen LogP contribution >= 0.6 is 0 Å². The summed E-state index contributed by atoms with van der Waals surface area (Å²) in [7, 11) is 0. The number of imide groups is 1. The van der Waals surface area contributed by atoms with Gasteiger partial charge < -0.3 is 10.4 Å². The lowest BCUT2D eigenvalue weighted by molar-refractivity contribution is -0.131. The third kappa shape index (κ3) is 5.97. The van der Waals surface area contributed by atoms with E-state index in [0.717, 1.165) is 11.8 Å². The Morgan fingerprint density at radius 3 is 2.68 bits per heavy atom. The molecule has 0 aliphatic carbocycles. The molecule has 0 spiro atoms. The molecule has 1 aromatic rings. The number of urea groups is 1. The number of hydrogen-bond donors (Lipinski definition) is 3. The monoisotopic (exact) mass is 263 g/mol. The molecular formula is C12H13N3O4. The van der Waals surface area contributed by atoms with Crippen molar-refractivity contribution in [2.24, 2.45) is 0 Å². The molecule has 0 radical (unpaired) electrons. The number of amides is 3. The van der Waals surface area contributed by atoms with Crippen LogP contribution in [0.5, 0.6) is 0 Å². The minimum absolute atomic E-state index is 0.170. The lowest BCUT2D eigenvalue weighted by Crippen LogP contribution is -2.38. The quantitative estimate of drug-likeness (QED) is 0.679. The zero-order chi connectivity index (χ0) is 14.3. The molecule has 1 heterocycles. The number of pyridine rings is 1. The van der Waals surface area contributed by atoms with Gasteiger partial charge in [-0.1, -0.05) is 6.07 Å². The molecule has 0 fully saturated rings. The van der Waals surface area contributed by atoms with E-state index in [2.05, 4.69) is 10.3 Å². The topological polar surface area (TPSA) is 108 Å². The van der Waals surface area contributed by atoms with Crippen molar-refractivity contribution in [1.29, 1.82) is 0 Å². The Labute approximate surface area is 109 Å².